The van der Waals surface area contributed by atoms with Gasteiger partial charge in [-0.15, -0.1) is 0 Å². The monoisotopic (exact) mass is 549 g/mol. The Bertz CT molecular complexity index is 738. The first-order valence-corrected chi connectivity index (χ1v) is 14.7. The van der Waals surface area contributed by atoms with E-state index in [2.05, 4.69) is 20.9 Å². The molecule has 5 atom stereocenters. The number of thioether (sulfide) groups is 2. The van der Waals surface area contributed by atoms with Gasteiger partial charge in [0, 0.05) is 6.54 Å². The molecule has 0 aromatic heterocycles. The zero-order valence-corrected chi connectivity index (χ0v) is 23.3. The average molecular weight is 550 g/mol. The number of amides is 3. The van der Waals surface area contributed by atoms with Crippen LogP contribution in [0, 0.1) is 5.92 Å². The van der Waals surface area contributed by atoms with Gasteiger partial charge >= 0.3 is 5.97 Å². The van der Waals surface area contributed by atoms with Crippen LogP contribution < -0.4 is 33.2 Å². The van der Waals surface area contributed by atoms with Gasteiger partial charge in [-0.05, 0) is 55.6 Å². The first kappa shape index (κ1) is 33.8. The van der Waals surface area contributed by atoms with E-state index < -0.39 is 47.9 Å². The Balaban J connectivity index is 5.38. The first-order chi connectivity index (χ1) is 17.0. The number of carboxylic acid groups (broad SMARTS) is 1. The van der Waals surface area contributed by atoms with Crippen molar-refractivity contribution >= 4 is 53.2 Å². The van der Waals surface area contributed by atoms with Crippen molar-refractivity contribution in [3.63, 3.8) is 0 Å². The van der Waals surface area contributed by atoms with Crippen molar-refractivity contribution in [3.05, 3.63) is 0 Å². The lowest BCUT2D eigenvalue weighted by Crippen LogP contribution is -2.58. The van der Waals surface area contributed by atoms with Gasteiger partial charge in [-0.3, -0.25) is 19.4 Å². The van der Waals surface area contributed by atoms with Crippen molar-refractivity contribution in [1.29, 1.82) is 0 Å². The predicted molar refractivity (Wildman–Crippen MR) is 147 cm³/mol. The molecule has 10 N–H and O–H groups in total. The molecule has 0 bridgehead atoms. The summed E-state index contributed by atoms with van der Waals surface area (Å²) >= 11 is 2.99. The summed E-state index contributed by atoms with van der Waals surface area (Å²) in [5.74, 6) is -1.88. The quantitative estimate of drug-likeness (QED) is 0.0620. The van der Waals surface area contributed by atoms with Gasteiger partial charge in [0.2, 0.25) is 17.7 Å². The van der Waals surface area contributed by atoms with Crippen LogP contribution in [0.3, 0.4) is 0 Å². The maximum atomic E-state index is 13.1. The molecule has 0 spiro atoms. The van der Waals surface area contributed by atoms with E-state index in [1.165, 1.54) is 23.5 Å². The van der Waals surface area contributed by atoms with E-state index in [1.54, 1.807) is 6.92 Å². The molecule has 0 aliphatic rings. The Hall–Kier alpha value is -2.19. The highest BCUT2D eigenvalue weighted by Gasteiger charge is 2.32. The number of rotatable bonds is 19. The standard InChI is InChI=1S/C22H43N7O5S2/c1-5-13(2)17(20(32)28-16(21(33)34)9-12-36-4)29-19(31)15(8-11-35-3)27-18(30)14(23)7-6-10-26-22(24)25/h13-17H,5-12,23H2,1-4H3,(H,27,30)(H,28,32)(H,29,31)(H,33,34)(H4,24,25,26). The number of aliphatic imine (C=N–C) groups is 1. The summed E-state index contributed by atoms with van der Waals surface area (Å²) in [7, 11) is 0. The average Bonchev–Trinajstić information content (AvgIpc) is 2.83. The zero-order valence-electron chi connectivity index (χ0n) is 21.6. The number of hydrogen-bond donors (Lipinski definition) is 7. The Morgan fingerprint density at radius 3 is 1.94 bits per heavy atom. The van der Waals surface area contributed by atoms with Crippen molar-refractivity contribution in [2.45, 2.75) is 70.1 Å². The smallest absolute Gasteiger partial charge is 0.326 e. The number of nitrogens with zero attached hydrogens (tertiary/aromatic N) is 1. The summed E-state index contributed by atoms with van der Waals surface area (Å²) in [6, 6.07) is -3.78. The highest BCUT2D eigenvalue weighted by atomic mass is 32.2. The summed E-state index contributed by atoms with van der Waals surface area (Å²) < 4.78 is 0. The molecule has 0 aliphatic carbocycles. The molecule has 0 fully saturated rings. The fraction of sp³-hybridized carbons (Fsp3) is 0.773. The first-order valence-electron chi connectivity index (χ1n) is 11.9. The molecule has 0 saturated heterocycles. The molecule has 14 heteroatoms. The topological polar surface area (TPSA) is 215 Å². The molecule has 0 aliphatic heterocycles. The van der Waals surface area contributed by atoms with E-state index in [-0.39, 0.29) is 18.3 Å². The van der Waals surface area contributed by atoms with Crippen molar-refractivity contribution in [1.82, 2.24) is 16.0 Å². The minimum Gasteiger partial charge on any atom is -0.480 e. The van der Waals surface area contributed by atoms with Crippen LogP contribution in [0.2, 0.25) is 0 Å². The third-order valence-corrected chi connectivity index (χ3v) is 6.85. The molecule has 208 valence electrons. The molecule has 0 aromatic carbocycles. The molecule has 12 nitrogen and oxygen atoms in total. The van der Waals surface area contributed by atoms with Crippen LogP contribution in [0.1, 0.15) is 46.0 Å². The molecule has 0 rings (SSSR count). The third-order valence-electron chi connectivity index (χ3n) is 5.57. The van der Waals surface area contributed by atoms with Gasteiger partial charge in [0.15, 0.2) is 5.96 Å². The normalized spacial score (nSPS) is 15.0. The lowest BCUT2D eigenvalue weighted by Gasteiger charge is -2.28. The van der Waals surface area contributed by atoms with Gasteiger partial charge in [0.1, 0.15) is 18.1 Å². The fourth-order valence-electron chi connectivity index (χ4n) is 3.14. The molecular formula is C22H43N7O5S2. The molecule has 5 unspecified atom stereocenters. The minimum atomic E-state index is -1.13. The second kappa shape index (κ2) is 19.0. The van der Waals surface area contributed by atoms with Gasteiger partial charge in [-0.1, -0.05) is 20.3 Å². The highest BCUT2D eigenvalue weighted by molar-refractivity contribution is 7.98. The Labute approximate surface area is 222 Å². The van der Waals surface area contributed by atoms with Gasteiger partial charge in [0.25, 0.3) is 0 Å². The molecular weight excluding hydrogens is 506 g/mol. The summed E-state index contributed by atoms with van der Waals surface area (Å²) in [4.78, 5) is 54.2. The maximum Gasteiger partial charge on any atom is 0.326 e. The number of hydrogen-bond acceptors (Lipinski definition) is 8. The van der Waals surface area contributed by atoms with Crippen molar-refractivity contribution in [3.8, 4) is 0 Å². The second-order valence-electron chi connectivity index (χ2n) is 8.45. The van der Waals surface area contributed by atoms with Gasteiger partial charge < -0.3 is 38.3 Å². The fourth-order valence-corrected chi connectivity index (χ4v) is 4.09. The second-order valence-corrected chi connectivity index (χ2v) is 10.4. The molecule has 0 saturated carbocycles. The Morgan fingerprint density at radius 1 is 0.889 bits per heavy atom. The van der Waals surface area contributed by atoms with Gasteiger partial charge in [-0.25, -0.2) is 4.79 Å². The summed E-state index contributed by atoms with van der Waals surface area (Å²) in [5, 5.41) is 17.4. The van der Waals surface area contributed by atoms with E-state index >= 15 is 0 Å². The van der Waals surface area contributed by atoms with Crippen LogP contribution >= 0.6 is 23.5 Å². The van der Waals surface area contributed by atoms with E-state index in [9.17, 15) is 24.3 Å². The largest absolute Gasteiger partial charge is 0.480 e. The number of carbonyl (C=O) groups is 4. The maximum absolute atomic E-state index is 13.1. The van der Waals surface area contributed by atoms with E-state index in [1.807, 2.05) is 19.4 Å². The van der Waals surface area contributed by atoms with Gasteiger partial charge in [-0.2, -0.15) is 23.5 Å². The highest BCUT2D eigenvalue weighted by Crippen LogP contribution is 2.11. The van der Waals surface area contributed by atoms with Crippen molar-refractivity contribution in [2.24, 2.45) is 28.1 Å². The summed E-state index contributed by atoms with van der Waals surface area (Å²) in [6.45, 7) is 4.00. The Kier molecular flexibility index (Phi) is 17.8. The van der Waals surface area contributed by atoms with Crippen LogP contribution in [0.15, 0.2) is 4.99 Å². The number of carbonyl (C=O) groups excluding carboxylic acids is 3. The molecule has 3 amide bonds. The molecule has 0 radical (unpaired) electrons. The van der Waals surface area contributed by atoms with E-state index in [4.69, 9.17) is 17.2 Å². The van der Waals surface area contributed by atoms with Crippen molar-refractivity contribution in [2.75, 3.05) is 30.6 Å². The lowest BCUT2D eigenvalue weighted by molar-refractivity contribution is -0.142. The molecule has 0 aromatic rings. The molecule has 36 heavy (non-hydrogen) atoms. The van der Waals surface area contributed by atoms with Crippen molar-refractivity contribution < 1.29 is 24.3 Å². The Morgan fingerprint density at radius 2 is 1.44 bits per heavy atom. The number of guanidine groups is 1. The van der Waals surface area contributed by atoms with Crippen LogP contribution in [-0.4, -0.2) is 89.5 Å². The van der Waals surface area contributed by atoms with Crippen LogP contribution in [0.4, 0.5) is 0 Å². The summed E-state index contributed by atoms with van der Waals surface area (Å²) in [6.07, 6.45) is 5.71. The number of aliphatic carboxylic acids is 1. The van der Waals surface area contributed by atoms with Crippen LogP contribution in [0.5, 0.6) is 0 Å². The number of carboxylic acids is 1. The third kappa shape index (κ3) is 13.8. The lowest BCUT2D eigenvalue weighted by atomic mass is 9.97. The minimum absolute atomic E-state index is 0.0411. The summed E-state index contributed by atoms with van der Waals surface area (Å²) in [5.41, 5.74) is 16.5. The molecule has 0 heterocycles. The predicted octanol–water partition coefficient (Wildman–Crippen LogP) is -0.541. The van der Waals surface area contributed by atoms with Gasteiger partial charge in [0.05, 0.1) is 6.04 Å². The van der Waals surface area contributed by atoms with Crippen LogP contribution in [-0.2, 0) is 19.2 Å². The number of nitrogens with one attached hydrogen (secondary N) is 3. The number of nitrogens with two attached hydrogens (primary N) is 3. The van der Waals surface area contributed by atoms with Crippen LogP contribution in [0.25, 0.3) is 0 Å². The van der Waals surface area contributed by atoms with E-state index in [0.717, 1.165) is 0 Å². The SMILES string of the molecule is CCC(C)C(NC(=O)C(CCSC)NC(=O)C(N)CCCN=C(N)N)C(=O)NC(CCSC)C(=O)O. The van der Waals surface area contributed by atoms with E-state index in [0.29, 0.717) is 43.7 Å². The zero-order chi connectivity index (χ0) is 27.7.